The van der Waals surface area contributed by atoms with E-state index in [4.69, 9.17) is 4.52 Å². The lowest BCUT2D eigenvalue weighted by Crippen LogP contribution is -2.35. The molecule has 0 atom stereocenters. The quantitative estimate of drug-likeness (QED) is 0.733. The van der Waals surface area contributed by atoms with E-state index in [0.717, 1.165) is 33.3 Å². The van der Waals surface area contributed by atoms with Gasteiger partial charge in [0.15, 0.2) is 0 Å². The van der Waals surface area contributed by atoms with Crippen LogP contribution in [0.4, 0.5) is 5.69 Å². The minimum absolute atomic E-state index is 0.605. The third-order valence-corrected chi connectivity index (χ3v) is 4.08. The molecule has 0 unspecified atom stereocenters. The van der Waals surface area contributed by atoms with Crippen molar-refractivity contribution in [2.45, 2.75) is 20.4 Å². The zero-order chi connectivity index (χ0) is 15.8. The molecule has 0 fully saturated rings. The second-order valence-electron chi connectivity index (χ2n) is 5.66. The average molecular weight is 307 g/mol. The molecule has 0 amide bonds. The number of aryl methyl sites for hydroxylation is 2. The van der Waals surface area contributed by atoms with Gasteiger partial charge in [-0.15, -0.1) is 0 Å². The Morgan fingerprint density at radius 2 is 2.09 bits per heavy atom. The lowest BCUT2D eigenvalue weighted by molar-refractivity contribution is 0.391. The van der Waals surface area contributed by atoms with E-state index >= 15 is 0 Å². The summed E-state index contributed by atoms with van der Waals surface area (Å²) in [6.45, 7) is 5.13. The van der Waals surface area contributed by atoms with Gasteiger partial charge in [0.05, 0.1) is 29.5 Å². The van der Waals surface area contributed by atoms with Gasteiger partial charge in [-0.1, -0.05) is 23.4 Å². The lowest BCUT2D eigenvalue weighted by Gasteiger charge is -2.18. The number of hydrogen-bond acceptors (Lipinski definition) is 5. The molecule has 0 bridgehead atoms. The van der Waals surface area contributed by atoms with E-state index in [9.17, 15) is 0 Å². The minimum atomic E-state index is 0.605. The van der Waals surface area contributed by atoms with Crippen molar-refractivity contribution >= 4 is 11.9 Å². The van der Waals surface area contributed by atoms with Crippen LogP contribution in [0, 0.1) is 13.8 Å². The van der Waals surface area contributed by atoms with E-state index in [1.54, 1.807) is 0 Å². The Morgan fingerprint density at radius 3 is 2.91 bits per heavy atom. The molecule has 4 rings (SSSR count). The van der Waals surface area contributed by atoms with Gasteiger partial charge >= 0.3 is 0 Å². The highest BCUT2D eigenvalue weighted by Gasteiger charge is 2.12. The van der Waals surface area contributed by atoms with Crippen LogP contribution in [0.1, 0.15) is 17.0 Å². The monoisotopic (exact) mass is 307 g/mol. The Labute approximate surface area is 133 Å². The Kier molecular flexibility index (Phi) is 3.22. The SMILES string of the molecule is Cc1noc(C)c1Cn1cc(N2C=c3ccccc3=NC2)cn1. The van der Waals surface area contributed by atoms with Gasteiger partial charge in [-0.2, -0.15) is 5.10 Å². The second-order valence-corrected chi connectivity index (χ2v) is 5.66. The molecule has 0 N–H and O–H groups in total. The zero-order valence-electron chi connectivity index (χ0n) is 13.1. The molecule has 1 aromatic carbocycles. The standard InChI is InChI=1S/C17H17N5O/c1-12-16(13(2)23-20-12)10-22-9-15(7-19-22)21-8-14-5-3-4-6-17(14)18-11-21/h3-9H,10-11H2,1-2H3. The first-order chi connectivity index (χ1) is 11.2. The van der Waals surface area contributed by atoms with Crippen LogP contribution in [0.3, 0.4) is 0 Å². The molecule has 0 saturated heterocycles. The van der Waals surface area contributed by atoms with Gasteiger partial charge in [0.2, 0.25) is 0 Å². The molecular weight excluding hydrogens is 290 g/mol. The van der Waals surface area contributed by atoms with Gasteiger partial charge in [0.25, 0.3) is 0 Å². The first-order valence-corrected chi connectivity index (χ1v) is 7.53. The summed E-state index contributed by atoms with van der Waals surface area (Å²) in [5, 5.41) is 10.6. The number of benzene rings is 1. The van der Waals surface area contributed by atoms with Gasteiger partial charge < -0.3 is 9.42 Å². The molecule has 3 aromatic rings. The number of hydrogen-bond donors (Lipinski definition) is 0. The summed E-state index contributed by atoms with van der Waals surface area (Å²) in [5.41, 5.74) is 3.01. The third kappa shape index (κ3) is 2.52. The molecule has 0 spiro atoms. The van der Waals surface area contributed by atoms with Crippen molar-refractivity contribution < 1.29 is 4.52 Å². The lowest BCUT2D eigenvalue weighted by atomic mass is 10.2. The summed E-state index contributed by atoms with van der Waals surface area (Å²) in [7, 11) is 0. The largest absolute Gasteiger partial charge is 0.361 e. The smallest absolute Gasteiger partial charge is 0.138 e. The number of nitrogens with zero attached hydrogens (tertiary/aromatic N) is 5. The molecule has 0 aliphatic carbocycles. The molecule has 1 aliphatic heterocycles. The fourth-order valence-corrected chi connectivity index (χ4v) is 2.74. The Morgan fingerprint density at radius 1 is 1.22 bits per heavy atom. The van der Waals surface area contributed by atoms with E-state index in [1.807, 2.05) is 49.1 Å². The van der Waals surface area contributed by atoms with Crippen molar-refractivity contribution in [2.75, 3.05) is 11.6 Å². The van der Waals surface area contributed by atoms with E-state index in [-0.39, 0.29) is 0 Å². The molecular formula is C17H17N5O. The molecule has 1 aliphatic rings. The van der Waals surface area contributed by atoms with Crippen LogP contribution >= 0.6 is 0 Å². The van der Waals surface area contributed by atoms with E-state index < -0.39 is 0 Å². The minimum Gasteiger partial charge on any atom is -0.361 e. The summed E-state index contributed by atoms with van der Waals surface area (Å²) in [6, 6.07) is 8.13. The highest BCUT2D eigenvalue weighted by molar-refractivity contribution is 5.57. The van der Waals surface area contributed by atoms with E-state index in [1.165, 1.54) is 0 Å². The highest BCUT2D eigenvalue weighted by atomic mass is 16.5. The predicted octanol–water partition coefficient (Wildman–Crippen LogP) is 1.37. The van der Waals surface area contributed by atoms with Crippen molar-refractivity contribution in [2.24, 2.45) is 4.99 Å². The number of aromatic nitrogens is 3. The molecule has 0 saturated carbocycles. The number of fused-ring (bicyclic) bond motifs is 1. The second kappa shape index (κ2) is 5.39. The van der Waals surface area contributed by atoms with Crippen LogP contribution < -0.4 is 15.5 Å². The maximum absolute atomic E-state index is 5.21. The van der Waals surface area contributed by atoms with Crippen LogP contribution in [0.5, 0.6) is 0 Å². The fraction of sp³-hybridized carbons (Fsp3) is 0.235. The molecule has 116 valence electrons. The summed E-state index contributed by atoms with van der Waals surface area (Å²) in [5.74, 6) is 0.841. The van der Waals surface area contributed by atoms with Crippen LogP contribution in [-0.2, 0) is 6.54 Å². The van der Waals surface area contributed by atoms with Crippen molar-refractivity contribution in [3.8, 4) is 0 Å². The summed E-state index contributed by atoms with van der Waals surface area (Å²) in [4.78, 5) is 6.69. The van der Waals surface area contributed by atoms with Gasteiger partial charge in [-0.05, 0) is 19.9 Å². The van der Waals surface area contributed by atoms with Gasteiger partial charge in [0.1, 0.15) is 12.4 Å². The number of rotatable bonds is 3. The summed E-state index contributed by atoms with van der Waals surface area (Å²) < 4.78 is 7.11. The molecule has 23 heavy (non-hydrogen) atoms. The number of para-hydroxylation sites is 1. The van der Waals surface area contributed by atoms with Crippen molar-refractivity contribution in [3.63, 3.8) is 0 Å². The maximum atomic E-state index is 5.21. The summed E-state index contributed by atoms with van der Waals surface area (Å²) in [6.07, 6.45) is 5.99. The van der Waals surface area contributed by atoms with Gasteiger partial charge in [-0.3, -0.25) is 9.67 Å². The highest BCUT2D eigenvalue weighted by Crippen LogP contribution is 2.17. The van der Waals surface area contributed by atoms with Crippen LogP contribution in [0.15, 0.2) is 46.2 Å². The van der Waals surface area contributed by atoms with Gasteiger partial charge in [-0.25, -0.2) is 0 Å². The van der Waals surface area contributed by atoms with Gasteiger partial charge in [0, 0.05) is 23.2 Å². The third-order valence-electron chi connectivity index (χ3n) is 4.08. The van der Waals surface area contributed by atoms with Crippen molar-refractivity contribution in [3.05, 3.63) is 64.3 Å². The van der Waals surface area contributed by atoms with Crippen LogP contribution in [0.2, 0.25) is 0 Å². The normalized spacial score (nSPS) is 13.4. The Hall–Kier alpha value is -2.89. The summed E-state index contributed by atoms with van der Waals surface area (Å²) >= 11 is 0. The van der Waals surface area contributed by atoms with Crippen molar-refractivity contribution in [1.82, 2.24) is 14.9 Å². The first-order valence-electron chi connectivity index (χ1n) is 7.53. The Balaban J connectivity index is 1.61. The predicted molar refractivity (Wildman–Crippen MR) is 86.3 cm³/mol. The maximum Gasteiger partial charge on any atom is 0.138 e. The molecule has 0 radical (unpaired) electrons. The molecule has 3 heterocycles. The zero-order valence-corrected chi connectivity index (χ0v) is 13.1. The topological polar surface area (TPSA) is 59.5 Å². The average Bonchev–Trinajstić information content (AvgIpc) is 3.17. The molecule has 6 nitrogen and oxygen atoms in total. The fourth-order valence-electron chi connectivity index (χ4n) is 2.74. The van der Waals surface area contributed by atoms with E-state index in [2.05, 4.69) is 32.4 Å². The van der Waals surface area contributed by atoms with Crippen molar-refractivity contribution in [1.29, 1.82) is 0 Å². The Bertz CT molecular complexity index is 950. The van der Waals surface area contributed by atoms with Crippen LogP contribution in [0.25, 0.3) is 6.20 Å². The molecule has 6 heteroatoms. The van der Waals surface area contributed by atoms with E-state index in [0.29, 0.717) is 13.2 Å². The number of anilines is 1. The van der Waals surface area contributed by atoms with Crippen LogP contribution in [-0.4, -0.2) is 21.6 Å². The first kappa shape index (κ1) is 13.8. The molecule has 2 aromatic heterocycles.